The van der Waals surface area contributed by atoms with Gasteiger partial charge in [0.25, 0.3) is 0 Å². The highest BCUT2D eigenvalue weighted by Crippen LogP contribution is 2.05. The zero-order chi connectivity index (χ0) is 8.81. The van der Waals surface area contributed by atoms with E-state index in [9.17, 15) is 0 Å². The lowest BCUT2D eigenvalue weighted by molar-refractivity contribution is 0.833. The normalized spacial score (nSPS) is 9.42. The second-order valence-electron chi connectivity index (χ2n) is 2.60. The maximum Gasteiger partial charge on any atom is 0.0584 e. The molecule has 12 heavy (non-hydrogen) atoms. The third-order valence-corrected chi connectivity index (χ3v) is 1.84. The summed E-state index contributed by atoms with van der Waals surface area (Å²) in [5.74, 6) is 0. The lowest BCUT2D eigenvalue weighted by atomic mass is 10.1. The van der Waals surface area contributed by atoms with E-state index in [1.165, 1.54) is 5.56 Å². The highest BCUT2D eigenvalue weighted by atomic mass is 32.1. The molecule has 1 aromatic rings. The van der Waals surface area contributed by atoms with Crippen molar-refractivity contribution in [3.63, 3.8) is 0 Å². The smallest absolute Gasteiger partial charge is 0.0584 e. The van der Waals surface area contributed by atoms with Gasteiger partial charge in [0.15, 0.2) is 0 Å². The summed E-state index contributed by atoms with van der Waals surface area (Å²) < 4.78 is 0. The van der Waals surface area contributed by atoms with E-state index in [0.29, 0.717) is 0 Å². The molecule has 0 aliphatic heterocycles. The summed E-state index contributed by atoms with van der Waals surface area (Å²) >= 11 is 4.46. The highest BCUT2D eigenvalue weighted by molar-refractivity contribution is 7.78. The van der Waals surface area contributed by atoms with E-state index in [2.05, 4.69) is 32.6 Å². The standard InChI is InChI=1S/C8H11N3S/c1-7-8(5-10-11-7)3-2-4-9-6-12/h5H,2-4H2,1H3,(H,10,11). The lowest BCUT2D eigenvalue weighted by Crippen LogP contribution is -1.88. The quantitative estimate of drug-likeness (QED) is 0.437. The number of aryl methyl sites for hydroxylation is 2. The molecule has 0 saturated carbocycles. The van der Waals surface area contributed by atoms with Crippen LogP contribution in [0.5, 0.6) is 0 Å². The third-order valence-electron chi connectivity index (χ3n) is 1.71. The summed E-state index contributed by atoms with van der Waals surface area (Å²) in [5.41, 5.74) is 2.40. The number of hydrogen-bond donors (Lipinski definition) is 1. The fourth-order valence-corrected chi connectivity index (χ4v) is 1.11. The van der Waals surface area contributed by atoms with Crippen molar-refractivity contribution in [2.75, 3.05) is 6.54 Å². The van der Waals surface area contributed by atoms with Crippen molar-refractivity contribution in [3.8, 4) is 0 Å². The van der Waals surface area contributed by atoms with Crippen LogP contribution in [-0.2, 0) is 6.42 Å². The molecule has 0 saturated heterocycles. The van der Waals surface area contributed by atoms with Gasteiger partial charge in [0.2, 0.25) is 0 Å². The number of rotatable bonds is 4. The molecule has 0 radical (unpaired) electrons. The number of nitrogens with one attached hydrogen (secondary N) is 1. The first kappa shape index (κ1) is 9.10. The Morgan fingerprint density at radius 2 is 2.58 bits per heavy atom. The van der Waals surface area contributed by atoms with Crippen LogP contribution in [0, 0.1) is 6.92 Å². The number of aromatic nitrogens is 2. The van der Waals surface area contributed by atoms with Crippen molar-refractivity contribution in [2.45, 2.75) is 19.8 Å². The highest BCUT2D eigenvalue weighted by Gasteiger charge is 1.98. The van der Waals surface area contributed by atoms with E-state index in [1.54, 1.807) is 0 Å². The van der Waals surface area contributed by atoms with Crippen molar-refractivity contribution in [1.82, 2.24) is 10.2 Å². The molecule has 0 bridgehead atoms. The molecular weight excluding hydrogens is 170 g/mol. The molecule has 1 heterocycles. The number of isothiocyanates is 1. The van der Waals surface area contributed by atoms with Crippen LogP contribution in [0.2, 0.25) is 0 Å². The van der Waals surface area contributed by atoms with Crippen LogP contribution < -0.4 is 0 Å². The Balaban J connectivity index is 2.33. The Morgan fingerprint density at radius 3 is 3.17 bits per heavy atom. The van der Waals surface area contributed by atoms with Crippen LogP contribution in [0.1, 0.15) is 17.7 Å². The molecular formula is C8H11N3S. The topological polar surface area (TPSA) is 41.0 Å². The Kier molecular flexibility index (Phi) is 3.64. The maximum absolute atomic E-state index is 4.46. The first-order valence-electron chi connectivity index (χ1n) is 3.87. The third kappa shape index (κ3) is 2.57. The van der Waals surface area contributed by atoms with Gasteiger partial charge in [0, 0.05) is 12.2 Å². The van der Waals surface area contributed by atoms with E-state index >= 15 is 0 Å². The van der Waals surface area contributed by atoms with E-state index in [-0.39, 0.29) is 0 Å². The van der Waals surface area contributed by atoms with E-state index in [1.807, 2.05) is 13.1 Å². The minimum atomic E-state index is 0.758. The lowest BCUT2D eigenvalue weighted by Gasteiger charge is -1.94. The number of hydrogen-bond acceptors (Lipinski definition) is 3. The minimum absolute atomic E-state index is 0.758. The molecule has 0 fully saturated rings. The number of nitrogens with zero attached hydrogens (tertiary/aromatic N) is 2. The average Bonchev–Trinajstić information content (AvgIpc) is 2.46. The van der Waals surface area contributed by atoms with E-state index < -0.39 is 0 Å². The summed E-state index contributed by atoms with van der Waals surface area (Å²) in [6, 6.07) is 0. The largest absolute Gasteiger partial charge is 0.283 e. The van der Waals surface area contributed by atoms with Crippen LogP contribution in [0.3, 0.4) is 0 Å². The molecule has 3 nitrogen and oxygen atoms in total. The fourth-order valence-electron chi connectivity index (χ4n) is 1.02. The average molecular weight is 181 g/mol. The predicted octanol–water partition coefficient (Wildman–Crippen LogP) is 1.75. The van der Waals surface area contributed by atoms with Gasteiger partial charge in [-0.2, -0.15) is 5.10 Å². The van der Waals surface area contributed by atoms with Gasteiger partial charge < -0.3 is 0 Å². The Morgan fingerprint density at radius 1 is 1.75 bits per heavy atom. The number of aromatic amines is 1. The molecule has 4 heteroatoms. The van der Waals surface area contributed by atoms with Gasteiger partial charge in [-0.15, -0.1) is 0 Å². The predicted molar refractivity (Wildman–Crippen MR) is 51.5 cm³/mol. The first-order chi connectivity index (χ1) is 5.84. The first-order valence-corrected chi connectivity index (χ1v) is 4.28. The summed E-state index contributed by atoms with van der Waals surface area (Å²) in [7, 11) is 0. The van der Waals surface area contributed by atoms with Crippen LogP contribution in [0.15, 0.2) is 11.2 Å². The van der Waals surface area contributed by atoms with Gasteiger partial charge in [0.1, 0.15) is 0 Å². The molecule has 0 amide bonds. The molecule has 0 aliphatic rings. The van der Waals surface area contributed by atoms with E-state index in [4.69, 9.17) is 0 Å². The number of aliphatic imine (C=N–C) groups is 1. The number of H-pyrrole nitrogens is 1. The molecule has 0 spiro atoms. The minimum Gasteiger partial charge on any atom is -0.283 e. The second-order valence-corrected chi connectivity index (χ2v) is 2.78. The van der Waals surface area contributed by atoms with Gasteiger partial charge in [-0.1, -0.05) is 0 Å². The molecule has 0 atom stereocenters. The van der Waals surface area contributed by atoms with Gasteiger partial charge >= 0.3 is 0 Å². The van der Waals surface area contributed by atoms with Gasteiger partial charge in [-0.05, 0) is 37.5 Å². The summed E-state index contributed by atoms with van der Waals surface area (Å²) in [6.07, 6.45) is 3.86. The van der Waals surface area contributed by atoms with Crippen molar-refractivity contribution in [3.05, 3.63) is 17.5 Å². The van der Waals surface area contributed by atoms with Crippen molar-refractivity contribution in [2.24, 2.45) is 4.99 Å². The Bertz CT molecular complexity index is 286. The zero-order valence-corrected chi connectivity index (χ0v) is 7.82. The molecule has 0 aromatic carbocycles. The van der Waals surface area contributed by atoms with Crippen molar-refractivity contribution in [1.29, 1.82) is 0 Å². The summed E-state index contributed by atoms with van der Waals surface area (Å²) in [6.45, 7) is 2.78. The number of thiocarbonyl (C=S) groups is 1. The molecule has 1 N–H and O–H groups in total. The van der Waals surface area contributed by atoms with Gasteiger partial charge in [-0.25, -0.2) is 4.99 Å². The summed E-state index contributed by atoms with van der Waals surface area (Å²) in [5, 5.41) is 9.17. The molecule has 64 valence electrons. The SMILES string of the molecule is Cc1[nH]ncc1CCCN=C=S. The van der Waals surface area contributed by atoms with Crippen molar-refractivity contribution >= 4 is 17.4 Å². The van der Waals surface area contributed by atoms with Crippen molar-refractivity contribution < 1.29 is 0 Å². The molecule has 0 aliphatic carbocycles. The molecule has 1 rings (SSSR count). The van der Waals surface area contributed by atoms with Gasteiger partial charge in [0.05, 0.1) is 11.4 Å². The van der Waals surface area contributed by atoms with Crippen LogP contribution in [-0.4, -0.2) is 21.9 Å². The fraction of sp³-hybridized carbons (Fsp3) is 0.500. The van der Waals surface area contributed by atoms with Gasteiger partial charge in [-0.3, -0.25) is 5.10 Å². The molecule has 0 unspecified atom stereocenters. The summed E-state index contributed by atoms with van der Waals surface area (Å²) in [4.78, 5) is 3.84. The van der Waals surface area contributed by atoms with Crippen LogP contribution in [0.25, 0.3) is 0 Å². The second kappa shape index (κ2) is 4.80. The Hall–Kier alpha value is -0.990. The zero-order valence-electron chi connectivity index (χ0n) is 7.00. The van der Waals surface area contributed by atoms with Crippen LogP contribution in [0.4, 0.5) is 0 Å². The van der Waals surface area contributed by atoms with Crippen LogP contribution >= 0.6 is 12.2 Å². The Labute approximate surface area is 76.9 Å². The molecule has 1 aromatic heterocycles. The maximum atomic E-state index is 4.46. The monoisotopic (exact) mass is 181 g/mol. The van der Waals surface area contributed by atoms with E-state index in [0.717, 1.165) is 25.1 Å².